The molecule has 23 heavy (non-hydrogen) atoms. The highest BCUT2D eigenvalue weighted by Gasteiger charge is 2.13. The Morgan fingerprint density at radius 1 is 1.04 bits per heavy atom. The topological polar surface area (TPSA) is 22.1 Å². The molecule has 118 valence electrons. The van der Waals surface area contributed by atoms with Crippen LogP contribution in [0, 0.1) is 0 Å². The molecule has 0 fully saturated rings. The predicted octanol–water partition coefficient (Wildman–Crippen LogP) is 6.26. The first-order chi connectivity index (χ1) is 11.2. The number of hydrogen-bond donors (Lipinski definition) is 0. The summed E-state index contributed by atoms with van der Waals surface area (Å²) >= 11 is 13.6. The fourth-order valence-electron chi connectivity index (χ4n) is 2.15. The molecule has 0 aliphatic carbocycles. The summed E-state index contributed by atoms with van der Waals surface area (Å²) in [6.45, 7) is 2.58. The lowest BCUT2D eigenvalue weighted by atomic mass is 10.2. The van der Waals surface area contributed by atoms with Crippen molar-refractivity contribution in [2.45, 2.75) is 20.0 Å². The van der Waals surface area contributed by atoms with Crippen LogP contribution in [0.15, 0.2) is 48.5 Å². The molecule has 0 aliphatic heterocycles. The summed E-state index contributed by atoms with van der Waals surface area (Å²) in [6, 6.07) is 15.3. The lowest BCUT2D eigenvalue weighted by Crippen LogP contribution is -1.97. The molecule has 0 amide bonds. The molecule has 0 radical (unpaired) electrons. The molecule has 2 aromatic carbocycles. The summed E-state index contributed by atoms with van der Waals surface area (Å²) in [5.41, 5.74) is 2.08. The monoisotopic (exact) mass is 363 g/mol. The minimum absolute atomic E-state index is 0.475. The van der Waals surface area contributed by atoms with Crippen LogP contribution in [0.5, 0.6) is 5.88 Å². The first kappa shape index (κ1) is 16.3. The fraction of sp³-hybridized carbons (Fsp3) is 0.167. The number of thiazole rings is 1. The second kappa shape index (κ2) is 7.35. The van der Waals surface area contributed by atoms with Crippen molar-refractivity contribution in [2.75, 3.05) is 0 Å². The van der Waals surface area contributed by atoms with Gasteiger partial charge in [-0.15, -0.1) is 11.3 Å². The highest BCUT2D eigenvalue weighted by Crippen LogP contribution is 2.34. The lowest BCUT2D eigenvalue weighted by molar-refractivity contribution is 0.293. The average molecular weight is 364 g/mol. The molecular weight excluding hydrogens is 349 g/mol. The standard InChI is InChI=1S/C18H15Cl2NOS/c1-2-16-17(22-11-12-6-8-14(19)9-7-12)21-18(23-16)13-4-3-5-15(20)10-13/h3-10H,2,11H2,1H3. The first-order valence-corrected chi connectivity index (χ1v) is 8.86. The maximum absolute atomic E-state index is 6.06. The summed E-state index contributed by atoms with van der Waals surface area (Å²) in [5, 5.41) is 2.36. The van der Waals surface area contributed by atoms with Crippen molar-refractivity contribution < 1.29 is 4.74 Å². The SMILES string of the molecule is CCc1sc(-c2cccc(Cl)c2)nc1OCc1ccc(Cl)cc1. The fourth-order valence-corrected chi connectivity index (χ4v) is 3.41. The Labute approximate surface area is 149 Å². The van der Waals surface area contributed by atoms with Crippen molar-refractivity contribution in [1.82, 2.24) is 4.98 Å². The van der Waals surface area contributed by atoms with Gasteiger partial charge in [0.05, 0.1) is 4.88 Å². The second-order valence-electron chi connectivity index (χ2n) is 5.03. The van der Waals surface area contributed by atoms with Crippen LogP contribution >= 0.6 is 34.5 Å². The van der Waals surface area contributed by atoms with Crippen LogP contribution < -0.4 is 4.74 Å². The molecule has 3 rings (SSSR count). The normalized spacial score (nSPS) is 10.7. The first-order valence-electron chi connectivity index (χ1n) is 7.28. The number of benzene rings is 2. The molecule has 0 spiro atoms. The summed E-state index contributed by atoms with van der Waals surface area (Å²) < 4.78 is 5.91. The van der Waals surface area contributed by atoms with Gasteiger partial charge in [-0.05, 0) is 36.2 Å². The predicted molar refractivity (Wildman–Crippen MR) is 97.7 cm³/mol. The maximum atomic E-state index is 6.06. The van der Waals surface area contributed by atoms with Crippen molar-refractivity contribution in [3.63, 3.8) is 0 Å². The van der Waals surface area contributed by atoms with Gasteiger partial charge in [0, 0.05) is 15.6 Å². The molecule has 0 N–H and O–H groups in total. The Balaban J connectivity index is 1.80. The molecule has 0 unspecified atom stereocenters. The number of ether oxygens (including phenoxy) is 1. The van der Waals surface area contributed by atoms with Crippen molar-refractivity contribution in [3.05, 3.63) is 69.0 Å². The van der Waals surface area contributed by atoms with Crippen LogP contribution in [0.1, 0.15) is 17.4 Å². The zero-order valence-corrected chi connectivity index (χ0v) is 14.9. The highest BCUT2D eigenvalue weighted by molar-refractivity contribution is 7.15. The molecule has 3 aromatic rings. The van der Waals surface area contributed by atoms with E-state index in [1.165, 1.54) is 0 Å². The molecule has 1 heterocycles. The van der Waals surface area contributed by atoms with E-state index in [1.807, 2.05) is 48.5 Å². The second-order valence-corrected chi connectivity index (χ2v) is 6.98. The van der Waals surface area contributed by atoms with E-state index in [0.717, 1.165) is 32.5 Å². The van der Waals surface area contributed by atoms with E-state index < -0.39 is 0 Å². The van der Waals surface area contributed by atoms with Gasteiger partial charge in [-0.2, -0.15) is 0 Å². The van der Waals surface area contributed by atoms with Crippen LogP contribution in [0.25, 0.3) is 10.6 Å². The van der Waals surface area contributed by atoms with E-state index >= 15 is 0 Å². The van der Waals surface area contributed by atoms with Gasteiger partial charge in [0.15, 0.2) is 0 Å². The van der Waals surface area contributed by atoms with Gasteiger partial charge in [0.25, 0.3) is 0 Å². The number of halogens is 2. The van der Waals surface area contributed by atoms with Crippen molar-refractivity contribution in [3.8, 4) is 16.5 Å². The molecule has 0 saturated heterocycles. The van der Waals surface area contributed by atoms with Crippen molar-refractivity contribution >= 4 is 34.5 Å². The van der Waals surface area contributed by atoms with E-state index in [9.17, 15) is 0 Å². The quantitative estimate of drug-likeness (QED) is 0.533. The number of hydrogen-bond acceptors (Lipinski definition) is 3. The smallest absolute Gasteiger partial charge is 0.228 e. The molecule has 0 saturated carbocycles. The molecular formula is C18H15Cl2NOS. The van der Waals surface area contributed by atoms with Crippen LogP contribution in [0.4, 0.5) is 0 Å². The highest BCUT2D eigenvalue weighted by atomic mass is 35.5. The Morgan fingerprint density at radius 3 is 2.52 bits per heavy atom. The Kier molecular flexibility index (Phi) is 5.21. The Bertz CT molecular complexity index is 799. The molecule has 5 heteroatoms. The van der Waals surface area contributed by atoms with Gasteiger partial charge in [0.1, 0.15) is 11.6 Å². The molecule has 1 aromatic heterocycles. The van der Waals surface area contributed by atoms with Crippen molar-refractivity contribution in [2.24, 2.45) is 0 Å². The Hall–Kier alpha value is -1.55. The summed E-state index contributed by atoms with van der Waals surface area (Å²) in [5.74, 6) is 0.697. The summed E-state index contributed by atoms with van der Waals surface area (Å²) in [4.78, 5) is 5.77. The van der Waals surface area contributed by atoms with E-state index in [4.69, 9.17) is 27.9 Å². The third-order valence-electron chi connectivity index (χ3n) is 3.34. The minimum Gasteiger partial charge on any atom is -0.472 e. The maximum Gasteiger partial charge on any atom is 0.228 e. The number of aryl methyl sites for hydroxylation is 1. The number of nitrogens with zero attached hydrogens (tertiary/aromatic N) is 1. The molecule has 2 nitrogen and oxygen atoms in total. The zero-order valence-electron chi connectivity index (χ0n) is 12.6. The van der Waals surface area contributed by atoms with Gasteiger partial charge in [-0.3, -0.25) is 0 Å². The minimum atomic E-state index is 0.475. The van der Waals surface area contributed by atoms with E-state index in [2.05, 4.69) is 11.9 Å². The number of aromatic nitrogens is 1. The van der Waals surface area contributed by atoms with Crippen LogP contribution in [0.3, 0.4) is 0 Å². The molecule has 0 aliphatic rings. The number of rotatable bonds is 5. The van der Waals surface area contributed by atoms with Crippen LogP contribution in [-0.2, 0) is 13.0 Å². The van der Waals surface area contributed by atoms with Gasteiger partial charge < -0.3 is 4.74 Å². The third kappa shape index (κ3) is 4.05. The molecule has 0 bridgehead atoms. The van der Waals surface area contributed by atoms with E-state index in [1.54, 1.807) is 11.3 Å². The Morgan fingerprint density at radius 2 is 1.83 bits per heavy atom. The molecule has 0 atom stereocenters. The van der Waals surface area contributed by atoms with Crippen LogP contribution in [-0.4, -0.2) is 4.98 Å². The van der Waals surface area contributed by atoms with E-state index in [0.29, 0.717) is 17.5 Å². The van der Waals surface area contributed by atoms with E-state index in [-0.39, 0.29) is 0 Å². The summed E-state index contributed by atoms with van der Waals surface area (Å²) in [7, 11) is 0. The third-order valence-corrected chi connectivity index (χ3v) is 5.06. The summed E-state index contributed by atoms with van der Waals surface area (Å²) in [6.07, 6.45) is 0.883. The van der Waals surface area contributed by atoms with Gasteiger partial charge in [-0.25, -0.2) is 4.98 Å². The van der Waals surface area contributed by atoms with Gasteiger partial charge >= 0.3 is 0 Å². The lowest BCUT2D eigenvalue weighted by Gasteiger charge is -2.05. The largest absolute Gasteiger partial charge is 0.472 e. The average Bonchev–Trinajstić information content (AvgIpc) is 2.98. The zero-order chi connectivity index (χ0) is 16.2. The van der Waals surface area contributed by atoms with Gasteiger partial charge in [0.2, 0.25) is 5.88 Å². The van der Waals surface area contributed by atoms with Crippen LogP contribution in [0.2, 0.25) is 10.0 Å². The van der Waals surface area contributed by atoms with Crippen molar-refractivity contribution in [1.29, 1.82) is 0 Å². The van der Waals surface area contributed by atoms with Gasteiger partial charge in [-0.1, -0.05) is 54.4 Å².